The maximum Gasteiger partial charge on any atom is 0.0348 e. The molecule has 0 atom stereocenters. The van der Waals surface area contributed by atoms with E-state index in [9.17, 15) is 0 Å². The van der Waals surface area contributed by atoms with Gasteiger partial charge in [0.15, 0.2) is 0 Å². The largest absolute Gasteiger partial charge is 0.306 e. The average molecular weight is 217 g/mol. The van der Waals surface area contributed by atoms with Crippen molar-refractivity contribution >= 4 is 21.4 Å². The highest BCUT2D eigenvalue weighted by molar-refractivity contribution is 7.19. The molecule has 1 aromatic carbocycles. The summed E-state index contributed by atoms with van der Waals surface area (Å²) in [5, 5.41) is 1.49. The molecule has 0 amide bonds. The quantitative estimate of drug-likeness (QED) is 0.656. The minimum atomic E-state index is 1.20. The Balaban J connectivity index is 2.15. The van der Waals surface area contributed by atoms with E-state index in [4.69, 9.17) is 0 Å². The second-order valence-electron chi connectivity index (χ2n) is 4.30. The van der Waals surface area contributed by atoms with Crippen LogP contribution >= 0.6 is 11.3 Å². The Morgan fingerprint density at radius 1 is 1.13 bits per heavy atom. The first-order valence-electron chi connectivity index (χ1n) is 5.52. The Hall–Kier alpha value is -0.860. The molecule has 78 valence electrons. The second-order valence-corrected chi connectivity index (χ2v) is 5.44. The number of thiophene rings is 1. The van der Waals surface area contributed by atoms with E-state index in [-0.39, 0.29) is 0 Å². The van der Waals surface area contributed by atoms with Gasteiger partial charge >= 0.3 is 0 Å². The highest BCUT2D eigenvalue weighted by Gasteiger charge is 2.15. The second kappa shape index (κ2) is 3.62. The standard InChI is InChI=1S/C13H15NS/c1-14-8-6-11-10-4-2-3-5-12(10)15-13(11)7-9-14/h2-5H,6-9H2,1H3. The maximum absolute atomic E-state index is 2.43. The van der Waals surface area contributed by atoms with Gasteiger partial charge in [0.25, 0.3) is 0 Å². The van der Waals surface area contributed by atoms with E-state index in [1.807, 2.05) is 11.3 Å². The van der Waals surface area contributed by atoms with E-state index in [1.165, 1.54) is 36.0 Å². The van der Waals surface area contributed by atoms with E-state index in [0.29, 0.717) is 0 Å². The van der Waals surface area contributed by atoms with Gasteiger partial charge in [-0.1, -0.05) is 18.2 Å². The van der Waals surface area contributed by atoms with Crippen molar-refractivity contribution in [2.45, 2.75) is 12.8 Å². The summed E-state index contributed by atoms with van der Waals surface area (Å²) in [5.74, 6) is 0. The van der Waals surface area contributed by atoms with Crippen LogP contribution in [0.1, 0.15) is 10.4 Å². The molecule has 0 unspecified atom stereocenters. The fourth-order valence-corrected chi connectivity index (χ4v) is 3.57. The van der Waals surface area contributed by atoms with Gasteiger partial charge in [-0.3, -0.25) is 0 Å². The Bertz CT molecular complexity index is 486. The van der Waals surface area contributed by atoms with E-state index < -0.39 is 0 Å². The van der Waals surface area contributed by atoms with E-state index >= 15 is 0 Å². The summed E-state index contributed by atoms with van der Waals surface area (Å²) in [6.07, 6.45) is 2.45. The van der Waals surface area contributed by atoms with Gasteiger partial charge in [0.05, 0.1) is 0 Å². The van der Waals surface area contributed by atoms with Crippen molar-refractivity contribution in [1.29, 1.82) is 0 Å². The van der Waals surface area contributed by atoms with Crippen LogP contribution in [0.25, 0.3) is 10.1 Å². The molecule has 1 aliphatic rings. The number of hydrogen-bond acceptors (Lipinski definition) is 2. The van der Waals surface area contributed by atoms with Gasteiger partial charge in [-0.15, -0.1) is 11.3 Å². The third kappa shape index (κ3) is 1.58. The van der Waals surface area contributed by atoms with Gasteiger partial charge in [0.1, 0.15) is 0 Å². The minimum absolute atomic E-state index is 1.20. The summed E-state index contributed by atoms with van der Waals surface area (Å²) < 4.78 is 1.46. The zero-order valence-corrected chi connectivity index (χ0v) is 9.81. The van der Waals surface area contributed by atoms with E-state index in [2.05, 4.69) is 36.2 Å². The Morgan fingerprint density at radius 2 is 1.93 bits per heavy atom. The monoisotopic (exact) mass is 217 g/mol. The lowest BCUT2D eigenvalue weighted by Gasteiger charge is -2.11. The first-order chi connectivity index (χ1) is 7.34. The summed E-state index contributed by atoms with van der Waals surface area (Å²) in [6.45, 7) is 2.41. The molecular formula is C13H15NS. The van der Waals surface area contributed by atoms with Crippen molar-refractivity contribution in [3.63, 3.8) is 0 Å². The molecule has 0 saturated carbocycles. The van der Waals surface area contributed by atoms with Crippen LogP contribution in [0.5, 0.6) is 0 Å². The molecule has 1 aromatic heterocycles. The van der Waals surface area contributed by atoms with Crippen LogP contribution in [0.15, 0.2) is 24.3 Å². The zero-order chi connectivity index (χ0) is 10.3. The molecular weight excluding hydrogens is 202 g/mol. The predicted molar refractivity (Wildman–Crippen MR) is 66.7 cm³/mol. The smallest absolute Gasteiger partial charge is 0.0348 e. The zero-order valence-electron chi connectivity index (χ0n) is 8.99. The molecule has 2 aromatic rings. The van der Waals surface area contributed by atoms with Crippen LogP contribution in [0.4, 0.5) is 0 Å². The van der Waals surface area contributed by atoms with Gasteiger partial charge in [0.2, 0.25) is 0 Å². The molecule has 1 aliphatic heterocycles. The number of fused-ring (bicyclic) bond motifs is 3. The van der Waals surface area contributed by atoms with Gasteiger partial charge in [-0.05, 0) is 36.9 Å². The summed E-state index contributed by atoms with van der Waals surface area (Å²) in [6, 6.07) is 8.82. The average Bonchev–Trinajstić information content (AvgIpc) is 2.51. The molecule has 0 fully saturated rings. The fraction of sp³-hybridized carbons (Fsp3) is 0.385. The molecule has 0 radical (unpaired) electrons. The number of nitrogens with zero attached hydrogens (tertiary/aromatic N) is 1. The molecule has 3 rings (SSSR count). The highest BCUT2D eigenvalue weighted by Crippen LogP contribution is 2.33. The molecule has 0 spiro atoms. The van der Waals surface area contributed by atoms with Crippen LogP contribution in [0.3, 0.4) is 0 Å². The first kappa shape index (κ1) is 9.37. The van der Waals surface area contributed by atoms with Crippen LogP contribution in [-0.4, -0.2) is 25.0 Å². The third-order valence-corrected chi connectivity index (χ3v) is 4.52. The molecule has 1 nitrogen and oxygen atoms in total. The van der Waals surface area contributed by atoms with Crippen LogP contribution < -0.4 is 0 Å². The summed E-state index contributed by atoms with van der Waals surface area (Å²) in [4.78, 5) is 4.04. The van der Waals surface area contributed by atoms with Gasteiger partial charge in [-0.2, -0.15) is 0 Å². The minimum Gasteiger partial charge on any atom is -0.306 e. The van der Waals surface area contributed by atoms with E-state index in [1.54, 1.807) is 10.4 Å². The van der Waals surface area contributed by atoms with Crippen molar-refractivity contribution in [3.05, 3.63) is 34.7 Å². The number of benzene rings is 1. The predicted octanol–water partition coefficient (Wildman–Crippen LogP) is 2.93. The Morgan fingerprint density at radius 3 is 2.87 bits per heavy atom. The van der Waals surface area contributed by atoms with Crippen LogP contribution in [0.2, 0.25) is 0 Å². The highest BCUT2D eigenvalue weighted by atomic mass is 32.1. The lowest BCUT2D eigenvalue weighted by Crippen LogP contribution is -2.20. The normalized spacial score (nSPS) is 17.7. The Kier molecular flexibility index (Phi) is 2.26. The van der Waals surface area contributed by atoms with Crippen molar-refractivity contribution in [2.75, 3.05) is 20.1 Å². The van der Waals surface area contributed by atoms with Gasteiger partial charge in [-0.25, -0.2) is 0 Å². The lowest BCUT2D eigenvalue weighted by atomic mass is 10.1. The molecule has 0 aliphatic carbocycles. The van der Waals surface area contributed by atoms with Crippen molar-refractivity contribution in [1.82, 2.24) is 4.90 Å². The first-order valence-corrected chi connectivity index (χ1v) is 6.34. The van der Waals surface area contributed by atoms with Crippen LogP contribution in [-0.2, 0) is 12.8 Å². The molecule has 15 heavy (non-hydrogen) atoms. The SMILES string of the molecule is CN1CCc2sc3ccccc3c2CC1. The van der Waals surface area contributed by atoms with Crippen molar-refractivity contribution in [2.24, 2.45) is 0 Å². The molecule has 0 N–H and O–H groups in total. The van der Waals surface area contributed by atoms with Crippen LogP contribution in [0, 0.1) is 0 Å². The fourth-order valence-electron chi connectivity index (χ4n) is 2.33. The number of rotatable bonds is 0. The van der Waals surface area contributed by atoms with Gasteiger partial charge < -0.3 is 4.90 Å². The number of hydrogen-bond donors (Lipinski definition) is 0. The van der Waals surface area contributed by atoms with Crippen molar-refractivity contribution < 1.29 is 0 Å². The molecule has 2 heterocycles. The molecule has 0 bridgehead atoms. The van der Waals surface area contributed by atoms with E-state index in [0.717, 1.165) is 0 Å². The van der Waals surface area contributed by atoms with Crippen molar-refractivity contribution in [3.8, 4) is 0 Å². The number of likely N-dealkylation sites (N-methyl/N-ethyl adjacent to an activating group) is 1. The third-order valence-electron chi connectivity index (χ3n) is 3.25. The topological polar surface area (TPSA) is 3.24 Å². The van der Waals surface area contributed by atoms with Gasteiger partial charge in [0, 0.05) is 22.7 Å². The summed E-state index contributed by atoms with van der Waals surface area (Å²) >= 11 is 1.99. The summed E-state index contributed by atoms with van der Waals surface area (Å²) in [7, 11) is 2.22. The lowest BCUT2D eigenvalue weighted by molar-refractivity contribution is 0.353. The molecule has 2 heteroatoms. The summed E-state index contributed by atoms with van der Waals surface area (Å²) in [5.41, 5.74) is 1.61. The maximum atomic E-state index is 2.43. The Labute approximate surface area is 94.3 Å². The molecule has 0 saturated heterocycles.